The summed E-state index contributed by atoms with van der Waals surface area (Å²) in [6.45, 7) is 1.30. The summed E-state index contributed by atoms with van der Waals surface area (Å²) >= 11 is 2.98. The molecule has 0 radical (unpaired) electrons. The highest BCUT2D eigenvalue weighted by Gasteiger charge is 2.22. The molecule has 0 saturated carbocycles. The van der Waals surface area contributed by atoms with Crippen molar-refractivity contribution in [1.82, 2.24) is 9.88 Å². The lowest BCUT2D eigenvalue weighted by Crippen LogP contribution is -2.37. The van der Waals surface area contributed by atoms with Crippen molar-refractivity contribution < 1.29 is 14.3 Å². The van der Waals surface area contributed by atoms with Crippen LogP contribution >= 0.6 is 35.5 Å². The smallest absolute Gasteiger partial charge is 0.239 e. The molecule has 1 aromatic heterocycles. The summed E-state index contributed by atoms with van der Waals surface area (Å²) in [6.07, 6.45) is 0. The van der Waals surface area contributed by atoms with E-state index in [1.807, 2.05) is 56.6 Å². The largest absolute Gasteiger partial charge is 0.495 e. The van der Waals surface area contributed by atoms with Gasteiger partial charge in [-0.05, 0) is 38.4 Å². The highest BCUT2D eigenvalue weighted by molar-refractivity contribution is 8.00. The number of carbonyl (C=O) groups excluding carboxylic acids is 1. The number of aromatic nitrogens is 1. The zero-order valence-electron chi connectivity index (χ0n) is 17.5. The van der Waals surface area contributed by atoms with Gasteiger partial charge in [-0.1, -0.05) is 29.5 Å². The summed E-state index contributed by atoms with van der Waals surface area (Å²) in [5.74, 6) is 1.77. The van der Waals surface area contributed by atoms with E-state index in [4.69, 9.17) is 14.5 Å². The average molecular weight is 468 g/mol. The van der Waals surface area contributed by atoms with Gasteiger partial charge >= 0.3 is 0 Å². The monoisotopic (exact) mass is 467 g/mol. The maximum atomic E-state index is 13.1. The van der Waals surface area contributed by atoms with Crippen molar-refractivity contribution in [3.05, 3.63) is 42.5 Å². The maximum absolute atomic E-state index is 13.1. The highest BCUT2D eigenvalue weighted by atomic mass is 35.5. The van der Waals surface area contributed by atoms with E-state index in [0.717, 1.165) is 21.9 Å². The summed E-state index contributed by atoms with van der Waals surface area (Å²) in [6, 6.07) is 13.6. The average Bonchev–Trinajstić information content (AvgIpc) is 3.17. The summed E-state index contributed by atoms with van der Waals surface area (Å²) in [5.41, 5.74) is 0.713. The van der Waals surface area contributed by atoms with E-state index >= 15 is 0 Å². The van der Waals surface area contributed by atoms with Crippen molar-refractivity contribution in [2.75, 3.05) is 52.1 Å². The zero-order valence-corrected chi connectivity index (χ0v) is 19.9. The van der Waals surface area contributed by atoms with Crippen LogP contribution in [0.25, 0.3) is 10.2 Å². The van der Waals surface area contributed by atoms with Crippen LogP contribution in [0.1, 0.15) is 0 Å². The van der Waals surface area contributed by atoms with E-state index < -0.39 is 0 Å². The molecular formula is C21H26ClN3O3S2. The molecule has 1 heterocycles. The molecule has 0 aliphatic heterocycles. The third kappa shape index (κ3) is 5.78. The summed E-state index contributed by atoms with van der Waals surface area (Å²) in [7, 11) is 7.23. The van der Waals surface area contributed by atoms with Crippen molar-refractivity contribution in [2.24, 2.45) is 0 Å². The Morgan fingerprint density at radius 2 is 1.70 bits per heavy atom. The molecule has 3 aromatic rings. The van der Waals surface area contributed by atoms with E-state index in [-0.39, 0.29) is 18.3 Å². The fraction of sp³-hybridized carbons (Fsp3) is 0.333. The van der Waals surface area contributed by atoms with Gasteiger partial charge in [-0.3, -0.25) is 9.69 Å². The molecule has 1 amide bonds. The van der Waals surface area contributed by atoms with Crippen LogP contribution < -0.4 is 14.4 Å². The minimum absolute atomic E-state index is 0. The molecule has 162 valence electrons. The number of methoxy groups -OCH3 is 2. The standard InChI is InChI=1S/C21H25N3O3S2.ClH/c1-23(2)12-13-24(18(25)14-28-15-8-6-5-7-9-15)21-22-19-16(26-3)10-11-17(27-4)20(19)29-21;/h5-11H,12-14H2,1-4H3;1H. The molecule has 0 N–H and O–H groups in total. The van der Waals surface area contributed by atoms with Gasteiger partial charge in [0.05, 0.1) is 20.0 Å². The Balaban J connectivity index is 0.00000320. The lowest BCUT2D eigenvalue weighted by atomic mass is 10.3. The highest BCUT2D eigenvalue weighted by Crippen LogP contribution is 2.40. The number of thioether (sulfide) groups is 1. The number of nitrogens with zero attached hydrogens (tertiary/aromatic N) is 3. The maximum Gasteiger partial charge on any atom is 0.239 e. The van der Waals surface area contributed by atoms with Gasteiger partial charge < -0.3 is 14.4 Å². The predicted molar refractivity (Wildman–Crippen MR) is 128 cm³/mol. The van der Waals surface area contributed by atoms with Gasteiger partial charge in [-0.25, -0.2) is 4.98 Å². The van der Waals surface area contributed by atoms with Crippen molar-refractivity contribution >= 4 is 56.8 Å². The Bertz CT molecular complexity index is 926. The summed E-state index contributed by atoms with van der Waals surface area (Å²) in [4.78, 5) is 22.7. The van der Waals surface area contributed by atoms with Crippen molar-refractivity contribution in [2.45, 2.75) is 4.90 Å². The Morgan fingerprint density at radius 3 is 2.33 bits per heavy atom. The summed E-state index contributed by atoms with van der Waals surface area (Å²) in [5, 5.41) is 0.656. The molecule has 0 aliphatic carbocycles. The van der Waals surface area contributed by atoms with Crippen LogP contribution in [0.5, 0.6) is 11.5 Å². The molecule has 0 fully saturated rings. The van der Waals surface area contributed by atoms with Crippen LogP contribution in [0.15, 0.2) is 47.4 Å². The predicted octanol–water partition coefficient (Wildman–Crippen LogP) is 4.42. The molecule has 0 unspecified atom stereocenters. The number of amides is 1. The Kier molecular flexibility index (Phi) is 9.23. The number of halogens is 1. The van der Waals surface area contributed by atoms with Gasteiger partial charge in [0.1, 0.15) is 21.7 Å². The Morgan fingerprint density at radius 1 is 1.03 bits per heavy atom. The number of likely N-dealkylation sites (N-methyl/N-ethyl adjacent to an activating group) is 1. The minimum atomic E-state index is 0. The van der Waals surface area contributed by atoms with Crippen LogP contribution in [-0.2, 0) is 4.79 Å². The number of anilines is 1. The van der Waals surface area contributed by atoms with Crippen LogP contribution in [-0.4, -0.2) is 62.9 Å². The van der Waals surface area contributed by atoms with Crippen LogP contribution in [0, 0.1) is 0 Å². The number of ether oxygens (including phenoxy) is 2. The number of thiazole rings is 1. The van der Waals surface area contributed by atoms with Gasteiger partial charge in [0, 0.05) is 18.0 Å². The number of hydrogen-bond acceptors (Lipinski definition) is 7. The van der Waals surface area contributed by atoms with Gasteiger partial charge in [0.25, 0.3) is 0 Å². The van der Waals surface area contributed by atoms with Gasteiger partial charge in [-0.15, -0.1) is 24.2 Å². The molecule has 9 heteroatoms. The zero-order chi connectivity index (χ0) is 20.8. The van der Waals surface area contributed by atoms with E-state index in [1.54, 1.807) is 19.1 Å². The lowest BCUT2D eigenvalue weighted by molar-refractivity contribution is -0.116. The van der Waals surface area contributed by atoms with Crippen LogP contribution in [0.3, 0.4) is 0 Å². The molecule has 3 rings (SSSR count). The molecule has 0 bridgehead atoms. The Hall–Kier alpha value is -2.00. The van der Waals surface area contributed by atoms with Crippen molar-refractivity contribution in [3.63, 3.8) is 0 Å². The first-order valence-corrected chi connectivity index (χ1v) is 11.0. The molecular weight excluding hydrogens is 442 g/mol. The molecule has 30 heavy (non-hydrogen) atoms. The fourth-order valence-electron chi connectivity index (χ4n) is 2.76. The third-order valence-corrected chi connectivity index (χ3v) is 6.40. The molecule has 0 aliphatic rings. The second-order valence-electron chi connectivity index (χ2n) is 6.59. The van der Waals surface area contributed by atoms with Crippen LogP contribution in [0.2, 0.25) is 0 Å². The van der Waals surface area contributed by atoms with Gasteiger partial charge in [0.2, 0.25) is 5.91 Å². The number of fused-ring (bicyclic) bond motifs is 1. The number of hydrogen-bond donors (Lipinski definition) is 0. The van der Waals surface area contributed by atoms with E-state index in [2.05, 4.69) is 4.90 Å². The fourth-order valence-corrected chi connectivity index (χ4v) is 4.67. The van der Waals surface area contributed by atoms with E-state index in [1.165, 1.54) is 23.1 Å². The molecule has 2 aromatic carbocycles. The second kappa shape index (κ2) is 11.4. The van der Waals surface area contributed by atoms with Crippen molar-refractivity contribution in [1.29, 1.82) is 0 Å². The number of benzene rings is 2. The quantitative estimate of drug-likeness (QED) is 0.434. The van der Waals surface area contributed by atoms with Gasteiger partial charge in [-0.2, -0.15) is 0 Å². The Labute approximate surface area is 191 Å². The first-order valence-electron chi connectivity index (χ1n) is 9.18. The normalized spacial score (nSPS) is 10.7. The molecule has 0 atom stereocenters. The lowest BCUT2D eigenvalue weighted by Gasteiger charge is -2.21. The molecule has 0 saturated heterocycles. The molecule has 0 spiro atoms. The SMILES string of the molecule is COc1ccc(OC)c2sc(N(CCN(C)C)C(=O)CSc3ccccc3)nc12.Cl. The first-order chi connectivity index (χ1) is 14.0. The topological polar surface area (TPSA) is 54.9 Å². The van der Waals surface area contributed by atoms with E-state index in [9.17, 15) is 4.79 Å². The third-order valence-electron chi connectivity index (χ3n) is 4.31. The number of carbonyl (C=O) groups is 1. The first kappa shape index (κ1) is 24.3. The van der Waals surface area contributed by atoms with Gasteiger partial charge in [0.15, 0.2) is 5.13 Å². The minimum Gasteiger partial charge on any atom is -0.495 e. The van der Waals surface area contributed by atoms with E-state index in [0.29, 0.717) is 28.7 Å². The second-order valence-corrected chi connectivity index (χ2v) is 8.62. The summed E-state index contributed by atoms with van der Waals surface area (Å²) < 4.78 is 11.8. The number of rotatable bonds is 9. The van der Waals surface area contributed by atoms with Crippen LogP contribution in [0.4, 0.5) is 5.13 Å². The van der Waals surface area contributed by atoms with Crippen molar-refractivity contribution in [3.8, 4) is 11.5 Å². The molecule has 6 nitrogen and oxygen atoms in total.